The number of aromatic nitrogens is 1. The molecule has 0 bridgehead atoms. The zero-order chi connectivity index (χ0) is 18.4. The average Bonchev–Trinajstić information content (AvgIpc) is 3.43. The van der Waals surface area contributed by atoms with Gasteiger partial charge in [0.05, 0.1) is 30.3 Å². The fourth-order valence-corrected chi connectivity index (χ4v) is 3.29. The fraction of sp³-hybridized carbons (Fsp3) is 0.412. The van der Waals surface area contributed by atoms with Gasteiger partial charge in [-0.25, -0.2) is 13.6 Å². The van der Waals surface area contributed by atoms with Crippen LogP contribution in [0.4, 0.5) is 19.3 Å². The van der Waals surface area contributed by atoms with E-state index in [1.54, 1.807) is 4.90 Å². The molecule has 2 aromatic rings. The van der Waals surface area contributed by atoms with Crippen LogP contribution in [-0.2, 0) is 4.74 Å². The third kappa shape index (κ3) is 2.78. The van der Waals surface area contributed by atoms with E-state index in [0.717, 1.165) is 18.9 Å². The summed E-state index contributed by atoms with van der Waals surface area (Å²) in [4.78, 5) is 24.8. The first-order valence-electron chi connectivity index (χ1n) is 8.27. The number of benzene rings is 1. The molecule has 9 heteroatoms. The van der Waals surface area contributed by atoms with E-state index in [1.807, 2.05) is 0 Å². The summed E-state index contributed by atoms with van der Waals surface area (Å²) in [5, 5.41) is 8.56. The quantitative estimate of drug-likeness (QED) is 0.841. The third-order valence-corrected chi connectivity index (χ3v) is 4.62. The number of carbonyl (C=O) groups is 1. The minimum absolute atomic E-state index is 0.0295. The van der Waals surface area contributed by atoms with E-state index in [9.17, 15) is 14.0 Å². The molecule has 2 fully saturated rings. The first kappa shape index (κ1) is 16.8. The zero-order valence-corrected chi connectivity index (χ0v) is 13.7. The second-order valence-electron chi connectivity index (χ2n) is 6.35. The van der Waals surface area contributed by atoms with Gasteiger partial charge in [-0.2, -0.15) is 0 Å². The number of fused-ring (bicyclic) bond motifs is 1. The molecule has 1 aromatic heterocycles. The van der Waals surface area contributed by atoms with Gasteiger partial charge < -0.3 is 24.0 Å². The maximum absolute atomic E-state index is 15.3. The molecule has 0 unspecified atom stereocenters. The minimum atomic E-state index is -1.66. The van der Waals surface area contributed by atoms with E-state index < -0.39 is 29.0 Å². The summed E-state index contributed by atoms with van der Waals surface area (Å²) in [5.41, 5.74) is -1.08. The van der Waals surface area contributed by atoms with Crippen molar-refractivity contribution in [2.45, 2.75) is 18.9 Å². The molecule has 1 aliphatic carbocycles. The predicted molar refractivity (Wildman–Crippen MR) is 88.1 cm³/mol. The van der Waals surface area contributed by atoms with Gasteiger partial charge in [0.15, 0.2) is 11.6 Å². The molecule has 1 aliphatic heterocycles. The number of nitrogens with zero attached hydrogens (tertiary/aromatic N) is 2. The number of carboxylic acid groups (broad SMARTS) is 1. The fourth-order valence-electron chi connectivity index (χ4n) is 3.29. The lowest BCUT2D eigenvalue weighted by atomic mass is 10.1. The van der Waals surface area contributed by atoms with Crippen LogP contribution in [0, 0.1) is 11.6 Å². The predicted octanol–water partition coefficient (Wildman–Crippen LogP) is 2.51. The average molecular weight is 366 g/mol. The van der Waals surface area contributed by atoms with Crippen molar-refractivity contribution in [3.63, 3.8) is 0 Å². The topological polar surface area (TPSA) is 81.0 Å². The zero-order valence-electron chi connectivity index (χ0n) is 13.7. The maximum atomic E-state index is 15.3. The highest BCUT2D eigenvalue weighted by atomic mass is 19.1. The van der Waals surface area contributed by atoms with Crippen molar-refractivity contribution in [3.05, 3.63) is 34.1 Å². The summed E-state index contributed by atoms with van der Waals surface area (Å²) in [5.74, 6) is -2.16. The molecule has 138 valence electrons. The lowest BCUT2D eigenvalue weighted by molar-refractivity contribution is 0.122. The van der Waals surface area contributed by atoms with Gasteiger partial charge in [0.1, 0.15) is 11.5 Å². The first-order chi connectivity index (χ1) is 12.5. The number of pyridine rings is 1. The van der Waals surface area contributed by atoms with Gasteiger partial charge in [-0.3, -0.25) is 4.79 Å². The van der Waals surface area contributed by atoms with Crippen LogP contribution in [0.5, 0.6) is 5.75 Å². The number of anilines is 1. The molecule has 0 radical (unpaired) electrons. The highest BCUT2D eigenvalue weighted by Gasteiger charge is 2.31. The minimum Gasteiger partial charge on any atom is -0.449 e. The summed E-state index contributed by atoms with van der Waals surface area (Å²) in [6, 6.07) is 0.880. The normalized spacial score (nSPS) is 17.5. The molecule has 1 N–H and O–H groups in total. The number of halogens is 2. The van der Waals surface area contributed by atoms with Gasteiger partial charge in [0.25, 0.3) is 0 Å². The van der Waals surface area contributed by atoms with Crippen LogP contribution in [0.1, 0.15) is 18.9 Å². The van der Waals surface area contributed by atoms with E-state index in [2.05, 4.69) is 4.74 Å². The van der Waals surface area contributed by atoms with Crippen LogP contribution in [0.25, 0.3) is 10.9 Å². The Kier molecular flexibility index (Phi) is 4.03. The van der Waals surface area contributed by atoms with Crippen molar-refractivity contribution in [2.75, 3.05) is 31.2 Å². The SMILES string of the molecule is O=C(O)Oc1cn(C2CC2)c2c(F)c(N3CCOCC3)c(F)cc2c1=O. The van der Waals surface area contributed by atoms with Gasteiger partial charge >= 0.3 is 6.16 Å². The van der Waals surface area contributed by atoms with E-state index in [0.29, 0.717) is 26.3 Å². The number of hydrogen-bond donors (Lipinski definition) is 1. The van der Waals surface area contributed by atoms with Gasteiger partial charge in [0.2, 0.25) is 5.43 Å². The highest BCUT2D eigenvalue weighted by molar-refractivity contribution is 5.86. The molecular weight excluding hydrogens is 350 g/mol. The van der Waals surface area contributed by atoms with E-state index >= 15 is 4.39 Å². The highest BCUT2D eigenvalue weighted by Crippen LogP contribution is 2.40. The Morgan fingerprint density at radius 1 is 1.27 bits per heavy atom. The van der Waals surface area contributed by atoms with E-state index in [4.69, 9.17) is 9.84 Å². The molecule has 0 spiro atoms. The lowest BCUT2D eigenvalue weighted by Gasteiger charge is -2.30. The van der Waals surface area contributed by atoms with Gasteiger partial charge in [-0.05, 0) is 18.9 Å². The lowest BCUT2D eigenvalue weighted by Crippen LogP contribution is -2.37. The van der Waals surface area contributed by atoms with Crippen LogP contribution >= 0.6 is 0 Å². The molecule has 1 saturated heterocycles. The summed E-state index contributed by atoms with van der Waals surface area (Å²) in [6.45, 7) is 1.40. The van der Waals surface area contributed by atoms with Gasteiger partial charge in [0, 0.05) is 19.1 Å². The van der Waals surface area contributed by atoms with Crippen LogP contribution in [0.15, 0.2) is 17.1 Å². The Labute approximate surface area is 146 Å². The van der Waals surface area contributed by atoms with Crippen molar-refractivity contribution in [2.24, 2.45) is 0 Å². The maximum Gasteiger partial charge on any atom is 0.511 e. The Morgan fingerprint density at radius 3 is 2.58 bits per heavy atom. The van der Waals surface area contributed by atoms with Crippen molar-refractivity contribution in [3.8, 4) is 5.75 Å². The summed E-state index contributed by atoms with van der Waals surface area (Å²) < 4.78 is 41.2. The second-order valence-corrected chi connectivity index (χ2v) is 6.35. The van der Waals surface area contributed by atoms with Crippen molar-refractivity contribution in [1.29, 1.82) is 0 Å². The Balaban J connectivity index is 1.97. The van der Waals surface area contributed by atoms with Gasteiger partial charge in [-0.15, -0.1) is 0 Å². The van der Waals surface area contributed by atoms with E-state index in [1.165, 1.54) is 10.8 Å². The third-order valence-electron chi connectivity index (χ3n) is 4.62. The van der Waals surface area contributed by atoms with E-state index in [-0.39, 0.29) is 22.6 Å². The summed E-state index contributed by atoms with van der Waals surface area (Å²) >= 11 is 0. The number of morpholine rings is 1. The van der Waals surface area contributed by atoms with Crippen LogP contribution in [0.2, 0.25) is 0 Å². The Hall–Kier alpha value is -2.68. The molecule has 2 aliphatic rings. The Bertz CT molecular complexity index is 949. The standard InChI is InChI=1S/C17H16F2N2O5/c18-11-7-10-14(13(19)15(11)20-3-5-25-6-4-20)21(9-1-2-9)8-12(16(10)22)26-17(23)24/h7-9H,1-6H2,(H,23,24). The number of rotatable bonds is 3. The molecule has 0 amide bonds. The first-order valence-corrected chi connectivity index (χ1v) is 8.27. The van der Waals surface area contributed by atoms with Crippen LogP contribution in [0.3, 0.4) is 0 Å². The molecule has 0 atom stereocenters. The largest absolute Gasteiger partial charge is 0.511 e. The number of hydrogen-bond acceptors (Lipinski definition) is 5. The Morgan fingerprint density at radius 2 is 1.96 bits per heavy atom. The summed E-state index contributed by atoms with van der Waals surface area (Å²) in [7, 11) is 0. The second kappa shape index (κ2) is 6.24. The van der Waals surface area contributed by atoms with Gasteiger partial charge in [-0.1, -0.05) is 0 Å². The van der Waals surface area contributed by atoms with Crippen molar-refractivity contribution in [1.82, 2.24) is 4.57 Å². The molecule has 4 rings (SSSR count). The summed E-state index contributed by atoms with van der Waals surface area (Å²) in [6.07, 6.45) is 1.05. The monoisotopic (exact) mass is 366 g/mol. The van der Waals surface area contributed by atoms with Crippen LogP contribution < -0.4 is 15.1 Å². The molecule has 2 heterocycles. The van der Waals surface area contributed by atoms with Crippen LogP contribution in [-0.4, -0.2) is 42.1 Å². The van der Waals surface area contributed by atoms with Crippen molar-refractivity contribution >= 4 is 22.7 Å². The molecule has 1 saturated carbocycles. The molecule has 26 heavy (non-hydrogen) atoms. The molecular formula is C17H16F2N2O5. The smallest absolute Gasteiger partial charge is 0.449 e. The molecule has 1 aromatic carbocycles. The molecule has 7 nitrogen and oxygen atoms in total. The van der Waals surface area contributed by atoms with Crippen molar-refractivity contribution < 1.29 is 28.2 Å². The number of ether oxygens (including phenoxy) is 2.